The lowest BCUT2D eigenvalue weighted by atomic mass is 9.73. The monoisotopic (exact) mass is 506 g/mol. The number of carbonyl (C=O) groups is 1. The molecule has 186 valence electrons. The van der Waals surface area contributed by atoms with Crippen LogP contribution >= 0.6 is 11.6 Å². The second-order valence-electron chi connectivity index (χ2n) is 9.21. The third kappa shape index (κ3) is 4.64. The van der Waals surface area contributed by atoms with E-state index in [4.69, 9.17) is 20.9 Å². The number of amides is 1. The molecule has 0 N–H and O–H groups in total. The van der Waals surface area contributed by atoms with Gasteiger partial charge >= 0.3 is 0 Å². The second-order valence-corrected chi connectivity index (χ2v) is 9.60. The van der Waals surface area contributed by atoms with E-state index >= 15 is 0 Å². The smallest absolute Gasteiger partial charge is 0.278 e. The summed E-state index contributed by atoms with van der Waals surface area (Å²) in [7, 11) is 3.59. The number of benzene rings is 1. The molecule has 36 heavy (non-hydrogen) atoms. The van der Waals surface area contributed by atoms with Crippen LogP contribution in [0.2, 0.25) is 5.15 Å². The van der Waals surface area contributed by atoms with Gasteiger partial charge in [0.1, 0.15) is 5.15 Å². The highest BCUT2D eigenvalue weighted by atomic mass is 35.5. The summed E-state index contributed by atoms with van der Waals surface area (Å²) >= 11 is 5.88. The molecule has 3 aromatic heterocycles. The van der Waals surface area contributed by atoms with Crippen LogP contribution in [0.25, 0.3) is 23.0 Å². The summed E-state index contributed by atoms with van der Waals surface area (Å²) in [6, 6.07) is 13.4. The molecule has 1 saturated heterocycles. The molecule has 9 nitrogen and oxygen atoms in total. The average Bonchev–Trinajstić information content (AvgIpc) is 3.52. The van der Waals surface area contributed by atoms with Gasteiger partial charge in [0.2, 0.25) is 11.7 Å². The lowest BCUT2D eigenvalue weighted by Gasteiger charge is -2.38. The first kappa shape index (κ1) is 24.1. The molecule has 1 aliphatic heterocycles. The van der Waals surface area contributed by atoms with E-state index in [1.54, 1.807) is 31.3 Å². The van der Waals surface area contributed by atoms with Crippen LogP contribution in [0, 0.1) is 6.92 Å². The Hall–Kier alpha value is -3.56. The topological polar surface area (TPSA) is 99.2 Å². The number of carbonyl (C=O) groups excluding carboxylic acids is 1. The average molecular weight is 507 g/mol. The molecule has 5 rings (SSSR count). The fourth-order valence-electron chi connectivity index (χ4n) is 4.60. The first-order chi connectivity index (χ1) is 17.4. The van der Waals surface area contributed by atoms with Gasteiger partial charge in [-0.3, -0.25) is 9.48 Å². The molecule has 1 fully saturated rings. The van der Waals surface area contributed by atoms with Crippen molar-refractivity contribution in [3.8, 4) is 23.0 Å². The minimum atomic E-state index is -0.577. The summed E-state index contributed by atoms with van der Waals surface area (Å²) in [5, 5.41) is 9.25. The number of rotatable bonds is 6. The molecular formula is C26H27ClN6O3. The van der Waals surface area contributed by atoms with E-state index in [-0.39, 0.29) is 5.91 Å². The first-order valence-electron chi connectivity index (χ1n) is 11.7. The number of nitrogens with zero attached hydrogens (tertiary/aromatic N) is 6. The number of halogens is 1. The van der Waals surface area contributed by atoms with Crippen LogP contribution in [-0.2, 0) is 21.5 Å². The zero-order valence-corrected chi connectivity index (χ0v) is 21.2. The number of hydrogen-bond donors (Lipinski definition) is 0. The highest BCUT2D eigenvalue weighted by Crippen LogP contribution is 2.37. The lowest BCUT2D eigenvalue weighted by Crippen LogP contribution is -2.47. The zero-order chi connectivity index (χ0) is 25.3. The van der Waals surface area contributed by atoms with Crippen molar-refractivity contribution >= 4 is 17.5 Å². The van der Waals surface area contributed by atoms with Crippen LogP contribution in [0.4, 0.5) is 0 Å². The number of pyridine rings is 1. The molecule has 0 radical (unpaired) electrons. The van der Waals surface area contributed by atoms with Gasteiger partial charge in [-0.05, 0) is 43.0 Å². The molecule has 0 spiro atoms. The van der Waals surface area contributed by atoms with Crippen molar-refractivity contribution in [3.63, 3.8) is 0 Å². The molecule has 1 aliphatic rings. The minimum absolute atomic E-state index is 0.0979. The number of aryl methyl sites for hydroxylation is 1. The number of aromatic nitrogens is 5. The van der Waals surface area contributed by atoms with Crippen LogP contribution in [-0.4, -0.2) is 63.0 Å². The molecule has 1 amide bonds. The van der Waals surface area contributed by atoms with Gasteiger partial charge in [-0.15, -0.1) is 0 Å². The van der Waals surface area contributed by atoms with Gasteiger partial charge in [0, 0.05) is 44.8 Å². The van der Waals surface area contributed by atoms with Gasteiger partial charge in [0.15, 0.2) is 5.69 Å². The third-order valence-corrected chi connectivity index (χ3v) is 6.83. The van der Waals surface area contributed by atoms with E-state index in [9.17, 15) is 4.79 Å². The summed E-state index contributed by atoms with van der Waals surface area (Å²) < 4.78 is 12.9. The number of hydrogen-bond acceptors (Lipinski definition) is 7. The molecule has 0 bridgehead atoms. The summed E-state index contributed by atoms with van der Waals surface area (Å²) in [5.41, 5.74) is 3.74. The summed E-state index contributed by atoms with van der Waals surface area (Å²) in [4.78, 5) is 23.5. The van der Waals surface area contributed by atoms with Gasteiger partial charge in [-0.2, -0.15) is 10.1 Å². The van der Waals surface area contributed by atoms with Crippen LogP contribution < -0.4 is 0 Å². The molecule has 4 aromatic rings. The molecule has 1 aromatic carbocycles. The standard InChI is InChI=1S/C26H27ClN6O3/c1-17-14-21(30-33(17)16-18-4-9-22(27)28-15-18)24-29-23(31-36-24)19-5-7-20(8-6-19)26(25(34)32(2)3)10-12-35-13-11-26/h4-9,14-15H,10-13,16H2,1-3H3. The van der Waals surface area contributed by atoms with Gasteiger partial charge < -0.3 is 14.2 Å². The van der Waals surface area contributed by atoms with Crippen LogP contribution in [0.1, 0.15) is 29.7 Å². The Morgan fingerprint density at radius 2 is 1.89 bits per heavy atom. The molecular weight excluding hydrogens is 480 g/mol. The van der Waals surface area contributed by atoms with E-state index in [1.807, 2.05) is 48.0 Å². The minimum Gasteiger partial charge on any atom is -0.381 e. The maximum absolute atomic E-state index is 13.1. The van der Waals surface area contributed by atoms with Crippen molar-refractivity contribution in [1.82, 2.24) is 29.8 Å². The van der Waals surface area contributed by atoms with Gasteiger partial charge in [0.05, 0.1) is 12.0 Å². The number of likely N-dealkylation sites (N-methyl/N-ethyl adjacent to an activating group) is 1. The van der Waals surface area contributed by atoms with Gasteiger partial charge in [-0.1, -0.05) is 47.1 Å². The maximum Gasteiger partial charge on any atom is 0.278 e. The lowest BCUT2D eigenvalue weighted by molar-refractivity contribution is -0.138. The normalized spacial score (nSPS) is 15.1. The Kier molecular flexibility index (Phi) is 6.59. The molecule has 4 heterocycles. The first-order valence-corrected chi connectivity index (χ1v) is 12.1. The Bertz CT molecular complexity index is 1360. The highest BCUT2D eigenvalue weighted by Gasteiger charge is 2.42. The Labute approximate surface area is 214 Å². The zero-order valence-electron chi connectivity index (χ0n) is 20.4. The summed E-state index contributed by atoms with van der Waals surface area (Å²) in [6.45, 7) is 3.65. The molecule has 0 unspecified atom stereocenters. The van der Waals surface area contributed by atoms with Crippen molar-refractivity contribution in [2.24, 2.45) is 0 Å². The van der Waals surface area contributed by atoms with Crippen LogP contribution in [0.15, 0.2) is 53.2 Å². The van der Waals surface area contributed by atoms with E-state index < -0.39 is 5.41 Å². The summed E-state index contributed by atoms with van der Waals surface area (Å²) in [6.07, 6.45) is 3.04. The predicted molar refractivity (Wildman–Crippen MR) is 134 cm³/mol. The maximum atomic E-state index is 13.1. The SMILES string of the molecule is Cc1cc(-c2nc(-c3ccc(C4(C(=O)N(C)C)CCOCC4)cc3)no2)nn1Cc1ccc(Cl)nc1. The van der Waals surface area contributed by atoms with Crippen molar-refractivity contribution in [3.05, 3.63) is 70.6 Å². The van der Waals surface area contributed by atoms with Crippen LogP contribution in [0.3, 0.4) is 0 Å². The second kappa shape index (κ2) is 9.83. The fraction of sp³-hybridized carbons (Fsp3) is 0.346. The molecule has 0 aliphatic carbocycles. The predicted octanol–water partition coefficient (Wildman–Crippen LogP) is 4.14. The molecule has 10 heteroatoms. The van der Waals surface area contributed by atoms with Crippen LogP contribution in [0.5, 0.6) is 0 Å². The van der Waals surface area contributed by atoms with E-state index in [0.29, 0.717) is 55.2 Å². The summed E-state index contributed by atoms with van der Waals surface area (Å²) in [5.74, 6) is 0.903. The fourth-order valence-corrected chi connectivity index (χ4v) is 4.72. The highest BCUT2D eigenvalue weighted by molar-refractivity contribution is 6.29. The van der Waals surface area contributed by atoms with E-state index in [0.717, 1.165) is 22.4 Å². The van der Waals surface area contributed by atoms with Gasteiger partial charge in [-0.25, -0.2) is 4.98 Å². The van der Waals surface area contributed by atoms with Crippen molar-refractivity contribution in [1.29, 1.82) is 0 Å². The Balaban J connectivity index is 1.37. The molecule has 0 atom stereocenters. The van der Waals surface area contributed by atoms with E-state index in [2.05, 4.69) is 20.2 Å². The Morgan fingerprint density at radius 3 is 2.56 bits per heavy atom. The van der Waals surface area contributed by atoms with Crippen molar-refractivity contribution in [2.75, 3.05) is 27.3 Å². The van der Waals surface area contributed by atoms with E-state index in [1.165, 1.54) is 0 Å². The van der Waals surface area contributed by atoms with Crippen molar-refractivity contribution < 1.29 is 14.1 Å². The van der Waals surface area contributed by atoms with Crippen molar-refractivity contribution in [2.45, 2.75) is 31.7 Å². The number of ether oxygens (including phenoxy) is 1. The quantitative estimate of drug-likeness (QED) is 0.362. The van der Waals surface area contributed by atoms with Gasteiger partial charge in [0.25, 0.3) is 5.89 Å². The Morgan fingerprint density at radius 1 is 1.14 bits per heavy atom. The molecule has 0 saturated carbocycles. The largest absolute Gasteiger partial charge is 0.381 e. The third-order valence-electron chi connectivity index (χ3n) is 6.60.